The van der Waals surface area contributed by atoms with Gasteiger partial charge in [-0.3, -0.25) is 4.79 Å². The van der Waals surface area contributed by atoms with E-state index in [1.165, 1.54) is 5.56 Å². The zero-order chi connectivity index (χ0) is 15.1. The van der Waals surface area contributed by atoms with Crippen molar-refractivity contribution in [3.63, 3.8) is 0 Å². The van der Waals surface area contributed by atoms with Crippen LogP contribution >= 0.6 is 0 Å². The summed E-state index contributed by atoms with van der Waals surface area (Å²) in [4.78, 5) is 12.0. The van der Waals surface area contributed by atoms with E-state index < -0.39 is 0 Å². The van der Waals surface area contributed by atoms with Crippen molar-refractivity contribution in [2.45, 2.75) is 26.7 Å². The zero-order valence-corrected chi connectivity index (χ0v) is 12.6. The molecular weight excluding hydrogens is 262 g/mol. The fraction of sp³-hybridized carbons (Fsp3) is 0.278. The molecule has 0 atom stereocenters. The van der Waals surface area contributed by atoms with Crippen LogP contribution in [0.2, 0.25) is 0 Å². The second-order valence-electron chi connectivity index (χ2n) is 4.85. The SMILES string of the molecule is CCOc1ccc(CC(=O)Nc2ccc(CC)cc2)cc1. The van der Waals surface area contributed by atoms with Gasteiger partial charge in [0.1, 0.15) is 5.75 Å². The molecule has 0 aliphatic heterocycles. The summed E-state index contributed by atoms with van der Waals surface area (Å²) in [6.07, 6.45) is 1.36. The highest BCUT2D eigenvalue weighted by atomic mass is 16.5. The van der Waals surface area contributed by atoms with Crippen LogP contribution in [0.4, 0.5) is 5.69 Å². The molecule has 0 bridgehead atoms. The molecule has 0 saturated heterocycles. The molecule has 0 unspecified atom stereocenters. The van der Waals surface area contributed by atoms with E-state index in [0.717, 1.165) is 23.4 Å². The Kier molecular flexibility index (Phi) is 5.38. The minimum atomic E-state index is -0.0107. The van der Waals surface area contributed by atoms with Crippen LogP contribution in [0.1, 0.15) is 25.0 Å². The number of hydrogen-bond acceptors (Lipinski definition) is 2. The van der Waals surface area contributed by atoms with Crippen LogP contribution in [0.3, 0.4) is 0 Å². The highest BCUT2D eigenvalue weighted by Crippen LogP contribution is 2.14. The summed E-state index contributed by atoms with van der Waals surface area (Å²) in [5, 5.41) is 2.91. The molecule has 0 aromatic heterocycles. The minimum absolute atomic E-state index is 0.0107. The molecule has 3 heteroatoms. The molecule has 0 aliphatic carbocycles. The highest BCUT2D eigenvalue weighted by molar-refractivity contribution is 5.92. The highest BCUT2D eigenvalue weighted by Gasteiger charge is 2.04. The van der Waals surface area contributed by atoms with E-state index in [1.807, 2.05) is 55.5 Å². The second-order valence-corrected chi connectivity index (χ2v) is 4.85. The van der Waals surface area contributed by atoms with E-state index in [4.69, 9.17) is 4.74 Å². The quantitative estimate of drug-likeness (QED) is 0.875. The Bertz CT molecular complexity index is 573. The van der Waals surface area contributed by atoms with Crippen LogP contribution < -0.4 is 10.1 Å². The van der Waals surface area contributed by atoms with Gasteiger partial charge in [0.15, 0.2) is 0 Å². The number of nitrogens with one attached hydrogen (secondary N) is 1. The van der Waals surface area contributed by atoms with Gasteiger partial charge in [-0.2, -0.15) is 0 Å². The van der Waals surface area contributed by atoms with Crippen LogP contribution in [0, 0.1) is 0 Å². The molecule has 21 heavy (non-hydrogen) atoms. The van der Waals surface area contributed by atoms with Gasteiger partial charge in [0.05, 0.1) is 13.0 Å². The zero-order valence-electron chi connectivity index (χ0n) is 12.6. The Balaban J connectivity index is 1.91. The number of ether oxygens (including phenoxy) is 1. The van der Waals surface area contributed by atoms with Crippen molar-refractivity contribution >= 4 is 11.6 Å². The molecule has 0 fully saturated rings. The Morgan fingerprint density at radius 2 is 1.57 bits per heavy atom. The van der Waals surface area contributed by atoms with Crippen LogP contribution in [-0.4, -0.2) is 12.5 Å². The van der Waals surface area contributed by atoms with Gasteiger partial charge in [0.2, 0.25) is 5.91 Å². The summed E-state index contributed by atoms with van der Waals surface area (Å²) in [6.45, 7) is 4.71. The number of benzene rings is 2. The summed E-state index contributed by atoms with van der Waals surface area (Å²) < 4.78 is 5.38. The summed E-state index contributed by atoms with van der Waals surface area (Å²) in [5.74, 6) is 0.820. The first-order chi connectivity index (χ1) is 10.2. The smallest absolute Gasteiger partial charge is 0.228 e. The standard InChI is InChI=1S/C18H21NO2/c1-3-14-5-9-16(10-6-14)19-18(20)13-15-7-11-17(12-8-15)21-4-2/h5-12H,3-4,13H2,1-2H3,(H,19,20). The average Bonchev–Trinajstić information content (AvgIpc) is 2.50. The molecule has 1 N–H and O–H groups in total. The first-order valence-corrected chi connectivity index (χ1v) is 7.31. The normalized spacial score (nSPS) is 10.2. The fourth-order valence-corrected chi connectivity index (χ4v) is 2.08. The molecule has 2 aromatic carbocycles. The largest absolute Gasteiger partial charge is 0.494 e. The van der Waals surface area contributed by atoms with E-state index in [1.54, 1.807) is 0 Å². The van der Waals surface area contributed by atoms with Gasteiger partial charge in [0.25, 0.3) is 0 Å². The van der Waals surface area contributed by atoms with Crippen LogP contribution in [0.25, 0.3) is 0 Å². The van der Waals surface area contributed by atoms with Gasteiger partial charge in [-0.1, -0.05) is 31.2 Å². The Labute approximate surface area is 126 Å². The lowest BCUT2D eigenvalue weighted by atomic mass is 10.1. The lowest BCUT2D eigenvalue weighted by Crippen LogP contribution is -2.14. The van der Waals surface area contributed by atoms with Crippen molar-refractivity contribution in [2.24, 2.45) is 0 Å². The van der Waals surface area contributed by atoms with Crippen LogP contribution in [-0.2, 0) is 17.6 Å². The fourth-order valence-electron chi connectivity index (χ4n) is 2.08. The lowest BCUT2D eigenvalue weighted by Gasteiger charge is -2.07. The molecule has 0 saturated carbocycles. The van der Waals surface area contributed by atoms with Crippen molar-refractivity contribution in [3.05, 3.63) is 59.7 Å². The third-order valence-corrected chi connectivity index (χ3v) is 3.24. The maximum absolute atomic E-state index is 12.0. The predicted octanol–water partition coefficient (Wildman–Crippen LogP) is 3.83. The van der Waals surface area contributed by atoms with Gasteiger partial charge in [-0.25, -0.2) is 0 Å². The van der Waals surface area contributed by atoms with Gasteiger partial charge in [-0.15, -0.1) is 0 Å². The third-order valence-electron chi connectivity index (χ3n) is 3.24. The van der Waals surface area contributed by atoms with Gasteiger partial charge < -0.3 is 10.1 Å². The van der Waals surface area contributed by atoms with Crippen molar-refractivity contribution in [3.8, 4) is 5.75 Å². The minimum Gasteiger partial charge on any atom is -0.494 e. The van der Waals surface area contributed by atoms with Crippen LogP contribution in [0.5, 0.6) is 5.75 Å². The summed E-state index contributed by atoms with van der Waals surface area (Å²) in [6, 6.07) is 15.6. The maximum Gasteiger partial charge on any atom is 0.228 e. The topological polar surface area (TPSA) is 38.3 Å². The summed E-state index contributed by atoms with van der Waals surface area (Å²) in [7, 11) is 0. The van der Waals surface area contributed by atoms with Gasteiger partial charge in [0, 0.05) is 5.69 Å². The Hall–Kier alpha value is -2.29. The number of anilines is 1. The number of amides is 1. The molecular formula is C18H21NO2. The molecule has 2 aromatic rings. The Morgan fingerprint density at radius 3 is 2.14 bits per heavy atom. The number of rotatable bonds is 6. The van der Waals surface area contributed by atoms with E-state index in [2.05, 4.69) is 12.2 Å². The summed E-state index contributed by atoms with van der Waals surface area (Å²) >= 11 is 0. The van der Waals surface area contributed by atoms with Gasteiger partial charge >= 0.3 is 0 Å². The number of carbonyl (C=O) groups is 1. The van der Waals surface area contributed by atoms with Crippen LogP contribution in [0.15, 0.2) is 48.5 Å². The molecule has 110 valence electrons. The van der Waals surface area contributed by atoms with E-state index in [0.29, 0.717) is 13.0 Å². The van der Waals surface area contributed by atoms with E-state index >= 15 is 0 Å². The molecule has 0 spiro atoms. The van der Waals surface area contributed by atoms with E-state index in [-0.39, 0.29) is 5.91 Å². The van der Waals surface area contributed by atoms with Crippen molar-refractivity contribution in [1.29, 1.82) is 0 Å². The van der Waals surface area contributed by atoms with Gasteiger partial charge in [-0.05, 0) is 48.7 Å². The predicted molar refractivity (Wildman–Crippen MR) is 85.8 cm³/mol. The molecule has 0 heterocycles. The first-order valence-electron chi connectivity index (χ1n) is 7.31. The third kappa shape index (κ3) is 4.63. The number of carbonyl (C=O) groups excluding carboxylic acids is 1. The molecule has 3 nitrogen and oxygen atoms in total. The summed E-state index contributed by atoms with van der Waals surface area (Å²) in [5.41, 5.74) is 3.07. The first kappa shape index (κ1) is 15.1. The number of hydrogen-bond donors (Lipinski definition) is 1. The monoisotopic (exact) mass is 283 g/mol. The lowest BCUT2D eigenvalue weighted by molar-refractivity contribution is -0.115. The van der Waals surface area contributed by atoms with Crippen molar-refractivity contribution < 1.29 is 9.53 Å². The Morgan fingerprint density at radius 1 is 0.952 bits per heavy atom. The average molecular weight is 283 g/mol. The van der Waals surface area contributed by atoms with E-state index in [9.17, 15) is 4.79 Å². The molecule has 1 amide bonds. The second kappa shape index (κ2) is 7.48. The van der Waals surface area contributed by atoms with Crippen molar-refractivity contribution in [2.75, 3.05) is 11.9 Å². The molecule has 2 rings (SSSR count). The molecule has 0 radical (unpaired) electrons. The number of aryl methyl sites for hydroxylation is 1. The maximum atomic E-state index is 12.0. The van der Waals surface area contributed by atoms with Crippen molar-refractivity contribution in [1.82, 2.24) is 0 Å². The molecule has 0 aliphatic rings.